The Kier molecular flexibility index (Phi) is 5.69. The summed E-state index contributed by atoms with van der Waals surface area (Å²) in [6.07, 6.45) is 2.24. The maximum atomic E-state index is 11.2. The summed E-state index contributed by atoms with van der Waals surface area (Å²) in [5.74, 6) is -0.0856. The molecule has 3 nitrogen and oxygen atoms in total. The van der Waals surface area contributed by atoms with E-state index in [1.807, 2.05) is 6.07 Å². The fourth-order valence-electron chi connectivity index (χ4n) is 1.25. The first-order valence-corrected chi connectivity index (χ1v) is 6.86. The highest BCUT2D eigenvalue weighted by molar-refractivity contribution is 9.09. The fourth-order valence-corrected chi connectivity index (χ4v) is 2.50. The predicted octanol–water partition coefficient (Wildman–Crippen LogP) is 2.82. The van der Waals surface area contributed by atoms with E-state index >= 15 is 0 Å². The van der Waals surface area contributed by atoms with Crippen LogP contribution in [-0.2, 0) is 16.0 Å². The minimum absolute atomic E-state index is 0.213. The molecule has 0 saturated heterocycles. The molecule has 5 heteroatoms. The SMILES string of the molecule is COC(=O)c1ccc(CCCC(=O)CBr)s1. The molecule has 0 radical (unpaired) electrons. The van der Waals surface area contributed by atoms with Gasteiger partial charge in [0.05, 0.1) is 12.4 Å². The summed E-state index contributed by atoms with van der Waals surface area (Å²) < 4.78 is 4.62. The molecule has 0 aliphatic carbocycles. The van der Waals surface area contributed by atoms with Crippen LogP contribution in [-0.4, -0.2) is 24.2 Å². The van der Waals surface area contributed by atoms with Crippen molar-refractivity contribution in [3.63, 3.8) is 0 Å². The largest absolute Gasteiger partial charge is 0.465 e. The Bertz CT molecular complexity index is 373. The second-order valence-electron chi connectivity index (χ2n) is 3.28. The Morgan fingerprint density at radius 1 is 1.44 bits per heavy atom. The fraction of sp³-hybridized carbons (Fsp3) is 0.455. The molecule has 1 aromatic rings. The molecule has 0 aliphatic rings. The zero-order chi connectivity index (χ0) is 12.0. The molecule has 0 aromatic carbocycles. The maximum Gasteiger partial charge on any atom is 0.348 e. The number of aryl methyl sites for hydroxylation is 1. The quantitative estimate of drug-likeness (QED) is 0.599. The van der Waals surface area contributed by atoms with Gasteiger partial charge in [-0.05, 0) is 25.0 Å². The lowest BCUT2D eigenvalue weighted by Crippen LogP contribution is -1.98. The number of methoxy groups -OCH3 is 1. The zero-order valence-corrected chi connectivity index (χ0v) is 11.4. The number of halogens is 1. The molecule has 0 aliphatic heterocycles. The van der Waals surface area contributed by atoms with Gasteiger partial charge in [-0.1, -0.05) is 15.9 Å². The Morgan fingerprint density at radius 2 is 2.19 bits per heavy atom. The maximum absolute atomic E-state index is 11.2. The van der Waals surface area contributed by atoms with E-state index in [1.165, 1.54) is 18.4 Å². The standard InChI is InChI=1S/C11H13BrO3S/c1-15-11(14)10-6-5-9(16-10)4-2-3-8(13)7-12/h5-6H,2-4,7H2,1H3. The molecule has 0 atom stereocenters. The van der Waals surface area contributed by atoms with Gasteiger partial charge in [-0.2, -0.15) is 0 Å². The van der Waals surface area contributed by atoms with Crippen LogP contribution < -0.4 is 0 Å². The summed E-state index contributed by atoms with van der Waals surface area (Å²) in [6, 6.07) is 3.67. The number of carbonyl (C=O) groups is 2. The van der Waals surface area contributed by atoms with Crippen molar-refractivity contribution in [1.82, 2.24) is 0 Å². The molecule has 0 amide bonds. The van der Waals surface area contributed by atoms with Crippen LogP contribution in [0.1, 0.15) is 27.4 Å². The molecule has 0 saturated carbocycles. The second-order valence-corrected chi connectivity index (χ2v) is 5.01. The third kappa shape index (κ3) is 4.06. The van der Waals surface area contributed by atoms with Gasteiger partial charge >= 0.3 is 5.97 Å². The Hall–Kier alpha value is -0.680. The lowest BCUT2D eigenvalue weighted by molar-refractivity contribution is -0.116. The van der Waals surface area contributed by atoms with Crippen LogP contribution in [0.25, 0.3) is 0 Å². The van der Waals surface area contributed by atoms with Gasteiger partial charge in [0.1, 0.15) is 10.7 Å². The van der Waals surface area contributed by atoms with Crippen LogP contribution in [0.5, 0.6) is 0 Å². The first kappa shape index (κ1) is 13.4. The third-order valence-corrected chi connectivity index (χ3v) is 3.83. The van der Waals surface area contributed by atoms with Crippen molar-refractivity contribution in [2.45, 2.75) is 19.3 Å². The van der Waals surface area contributed by atoms with E-state index < -0.39 is 0 Å². The van der Waals surface area contributed by atoms with E-state index in [-0.39, 0.29) is 11.8 Å². The van der Waals surface area contributed by atoms with Gasteiger partial charge in [0.25, 0.3) is 0 Å². The predicted molar refractivity (Wildman–Crippen MR) is 67.4 cm³/mol. The number of esters is 1. The number of hydrogen-bond donors (Lipinski definition) is 0. The molecule has 1 rings (SSSR count). The molecule has 0 fully saturated rings. The van der Waals surface area contributed by atoms with Gasteiger partial charge in [0.2, 0.25) is 0 Å². The minimum atomic E-state index is -0.298. The number of Topliss-reactive ketones (excluding diaryl/α,β-unsaturated/α-hetero) is 1. The number of thiophene rings is 1. The van der Waals surface area contributed by atoms with Crippen molar-refractivity contribution in [3.8, 4) is 0 Å². The zero-order valence-electron chi connectivity index (χ0n) is 8.99. The second kappa shape index (κ2) is 6.81. The average molecular weight is 305 g/mol. The summed E-state index contributed by atoms with van der Waals surface area (Å²) in [5, 5.41) is 0.421. The molecule has 1 aromatic heterocycles. The molecular weight excluding hydrogens is 292 g/mol. The van der Waals surface area contributed by atoms with Gasteiger partial charge in [-0.15, -0.1) is 11.3 Å². The topological polar surface area (TPSA) is 43.4 Å². The summed E-state index contributed by atoms with van der Waals surface area (Å²) >= 11 is 4.55. The molecule has 88 valence electrons. The highest BCUT2D eigenvalue weighted by Gasteiger charge is 2.09. The van der Waals surface area contributed by atoms with E-state index in [9.17, 15) is 9.59 Å². The van der Waals surface area contributed by atoms with Gasteiger partial charge < -0.3 is 4.74 Å². The van der Waals surface area contributed by atoms with Crippen LogP contribution in [0.3, 0.4) is 0 Å². The molecule has 0 N–H and O–H groups in total. The van der Waals surface area contributed by atoms with Crippen LogP contribution in [0.4, 0.5) is 0 Å². The lowest BCUT2D eigenvalue weighted by Gasteiger charge is -1.96. The van der Waals surface area contributed by atoms with E-state index in [0.717, 1.165) is 17.7 Å². The van der Waals surface area contributed by atoms with Gasteiger partial charge in [0, 0.05) is 11.3 Å². The van der Waals surface area contributed by atoms with E-state index in [0.29, 0.717) is 16.6 Å². The number of ketones is 1. The summed E-state index contributed by atoms with van der Waals surface area (Å²) in [4.78, 5) is 24.0. The molecule has 0 unspecified atom stereocenters. The lowest BCUT2D eigenvalue weighted by atomic mass is 10.2. The van der Waals surface area contributed by atoms with Crippen molar-refractivity contribution >= 4 is 39.0 Å². The average Bonchev–Trinajstić information content (AvgIpc) is 2.76. The van der Waals surface area contributed by atoms with Gasteiger partial charge in [-0.25, -0.2) is 4.79 Å². The van der Waals surface area contributed by atoms with Gasteiger partial charge in [0.15, 0.2) is 0 Å². The molecule has 0 bridgehead atoms. The van der Waals surface area contributed by atoms with Gasteiger partial charge in [-0.3, -0.25) is 4.79 Å². The molecule has 0 spiro atoms. The summed E-state index contributed by atoms with van der Waals surface area (Å²) in [5.41, 5.74) is 0. The van der Waals surface area contributed by atoms with Crippen LogP contribution in [0.15, 0.2) is 12.1 Å². The number of alkyl halides is 1. The highest BCUT2D eigenvalue weighted by Crippen LogP contribution is 2.19. The number of rotatable bonds is 6. The number of ether oxygens (including phenoxy) is 1. The molecule has 1 heterocycles. The van der Waals surface area contributed by atoms with Crippen molar-refractivity contribution < 1.29 is 14.3 Å². The highest BCUT2D eigenvalue weighted by atomic mass is 79.9. The third-order valence-electron chi connectivity index (χ3n) is 2.08. The van der Waals surface area contributed by atoms with Crippen LogP contribution >= 0.6 is 27.3 Å². The Balaban J connectivity index is 2.41. The number of hydrogen-bond acceptors (Lipinski definition) is 4. The molecular formula is C11H13BrO3S. The van der Waals surface area contributed by atoms with E-state index in [2.05, 4.69) is 20.7 Å². The normalized spacial score (nSPS) is 10.1. The first-order chi connectivity index (χ1) is 7.67. The van der Waals surface area contributed by atoms with Crippen molar-refractivity contribution in [2.24, 2.45) is 0 Å². The van der Waals surface area contributed by atoms with Crippen molar-refractivity contribution in [1.29, 1.82) is 0 Å². The van der Waals surface area contributed by atoms with Crippen LogP contribution in [0.2, 0.25) is 0 Å². The number of carbonyl (C=O) groups excluding carboxylic acids is 2. The van der Waals surface area contributed by atoms with Crippen molar-refractivity contribution in [2.75, 3.05) is 12.4 Å². The van der Waals surface area contributed by atoms with Crippen LogP contribution in [0, 0.1) is 0 Å². The Morgan fingerprint density at radius 3 is 2.81 bits per heavy atom. The summed E-state index contributed by atoms with van der Waals surface area (Å²) in [6.45, 7) is 0. The van der Waals surface area contributed by atoms with Crippen molar-refractivity contribution in [3.05, 3.63) is 21.9 Å². The minimum Gasteiger partial charge on any atom is -0.465 e. The van der Waals surface area contributed by atoms with E-state index in [4.69, 9.17) is 0 Å². The molecule has 16 heavy (non-hydrogen) atoms. The Labute approximate surface area is 107 Å². The summed E-state index contributed by atoms with van der Waals surface area (Å²) in [7, 11) is 1.37. The smallest absolute Gasteiger partial charge is 0.348 e. The first-order valence-electron chi connectivity index (χ1n) is 4.92. The van der Waals surface area contributed by atoms with E-state index in [1.54, 1.807) is 6.07 Å². The monoisotopic (exact) mass is 304 g/mol.